The fourth-order valence-electron chi connectivity index (χ4n) is 1.75. The normalized spacial score (nSPS) is 14.1. The molecule has 0 saturated carbocycles. The zero-order chi connectivity index (χ0) is 12.3. The van der Waals surface area contributed by atoms with Gasteiger partial charge in [0.2, 0.25) is 0 Å². The SMILES string of the molecule is CCC(C)(C)N(C)C(C)c1ccc(O)cc1. The van der Waals surface area contributed by atoms with Crippen molar-refractivity contribution in [1.29, 1.82) is 0 Å². The summed E-state index contributed by atoms with van der Waals surface area (Å²) >= 11 is 0. The number of nitrogens with zero attached hydrogens (tertiary/aromatic N) is 1. The summed E-state index contributed by atoms with van der Waals surface area (Å²) in [4.78, 5) is 2.37. The Kier molecular flexibility index (Phi) is 3.98. The Morgan fingerprint density at radius 1 is 1.25 bits per heavy atom. The van der Waals surface area contributed by atoms with Gasteiger partial charge in [0.1, 0.15) is 5.75 Å². The van der Waals surface area contributed by atoms with Crippen molar-refractivity contribution in [3.8, 4) is 5.75 Å². The van der Waals surface area contributed by atoms with Gasteiger partial charge in [0.25, 0.3) is 0 Å². The van der Waals surface area contributed by atoms with Gasteiger partial charge in [0, 0.05) is 11.6 Å². The maximum atomic E-state index is 9.27. The minimum atomic E-state index is 0.192. The summed E-state index contributed by atoms with van der Waals surface area (Å²) in [6, 6.07) is 7.83. The highest BCUT2D eigenvalue weighted by molar-refractivity contribution is 5.27. The molecule has 1 aromatic carbocycles. The van der Waals surface area contributed by atoms with Crippen LogP contribution in [0.5, 0.6) is 5.75 Å². The lowest BCUT2D eigenvalue weighted by atomic mass is 9.95. The fourth-order valence-corrected chi connectivity index (χ4v) is 1.75. The van der Waals surface area contributed by atoms with E-state index in [2.05, 4.69) is 39.6 Å². The van der Waals surface area contributed by atoms with Crippen molar-refractivity contribution in [2.75, 3.05) is 7.05 Å². The second kappa shape index (κ2) is 4.88. The first kappa shape index (κ1) is 13.0. The Labute approximate surface area is 98.9 Å². The van der Waals surface area contributed by atoms with Crippen molar-refractivity contribution in [2.45, 2.75) is 45.7 Å². The Hall–Kier alpha value is -1.02. The number of phenols is 1. The van der Waals surface area contributed by atoms with E-state index in [-0.39, 0.29) is 5.54 Å². The van der Waals surface area contributed by atoms with Gasteiger partial charge in [-0.15, -0.1) is 0 Å². The fraction of sp³-hybridized carbons (Fsp3) is 0.571. The highest BCUT2D eigenvalue weighted by atomic mass is 16.3. The van der Waals surface area contributed by atoms with E-state index in [1.54, 1.807) is 12.1 Å². The molecule has 0 aliphatic rings. The minimum absolute atomic E-state index is 0.192. The quantitative estimate of drug-likeness (QED) is 0.840. The lowest BCUT2D eigenvalue weighted by Crippen LogP contribution is -2.41. The van der Waals surface area contributed by atoms with E-state index in [0.717, 1.165) is 6.42 Å². The second-order valence-electron chi connectivity index (χ2n) is 5.04. The minimum Gasteiger partial charge on any atom is -0.508 e. The Balaban J connectivity index is 2.85. The lowest BCUT2D eigenvalue weighted by Gasteiger charge is -2.39. The zero-order valence-electron chi connectivity index (χ0n) is 11.0. The Bertz CT molecular complexity index is 329. The van der Waals surface area contributed by atoms with E-state index >= 15 is 0 Å². The number of phenolic OH excluding ortho intramolecular Hbond substituents is 1. The molecule has 0 aromatic heterocycles. The summed E-state index contributed by atoms with van der Waals surface area (Å²) in [5.74, 6) is 0.327. The van der Waals surface area contributed by atoms with E-state index in [1.165, 1.54) is 5.56 Å². The monoisotopic (exact) mass is 221 g/mol. The van der Waals surface area contributed by atoms with Crippen LogP contribution >= 0.6 is 0 Å². The van der Waals surface area contributed by atoms with E-state index < -0.39 is 0 Å². The molecule has 0 bridgehead atoms. The topological polar surface area (TPSA) is 23.5 Å². The third kappa shape index (κ3) is 2.76. The smallest absolute Gasteiger partial charge is 0.115 e. The van der Waals surface area contributed by atoms with Crippen molar-refractivity contribution in [2.24, 2.45) is 0 Å². The molecule has 1 atom stereocenters. The summed E-state index contributed by atoms with van der Waals surface area (Å²) in [5.41, 5.74) is 1.43. The van der Waals surface area contributed by atoms with Gasteiger partial charge in [-0.25, -0.2) is 0 Å². The molecular weight excluding hydrogens is 198 g/mol. The highest BCUT2D eigenvalue weighted by Gasteiger charge is 2.25. The van der Waals surface area contributed by atoms with Gasteiger partial charge in [-0.1, -0.05) is 19.1 Å². The van der Waals surface area contributed by atoms with Gasteiger partial charge in [-0.3, -0.25) is 4.90 Å². The van der Waals surface area contributed by atoms with Crippen LogP contribution in [0.15, 0.2) is 24.3 Å². The molecule has 0 aliphatic carbocycles. The summed E-state index contributed by atoms with van der Waals surface area (Å²) in [7, 11) is 2.15. The molecular formula is C14H23NO. The molecule has 0 radical (unpaired) electrons. The molecule has 0 heterocycles. The molecule has 0 amide bonds. The largest absolute Gasteiger partial charge is 0.508 e. The third-order valence-corrected chi connectivity index (χ3v) is 3.78. The van der Waals surface area contributed by atoms with Crippen molar-refractivity contribution in [3.05, 3.63) is 29.8 Å². The van der Waals surface area contributed by atoms with Crippen LogP contribution in [-0.2, 0) is 0 Å². The molecule has 2 heteroatoms. The Morgan fingerprint density at radius 2 is 1.75 bits per heavy atom. The van der Waals surface area contributed by atoms with Gasteiger partial charge in [-0.05, 0) is 51.9 Å². The first-order valence-corrected chi connectivity index (χ1v) is 5.90. The van der Waals surface area contributed by atoms with Gasteiger partial charge < -0.3 is 5.11 Å². The predicted molar refractivity (Wildman–Crippen MR) is 68.7 cm³/mol. The van der Waals surface area contributed by atoms with Crippen LogP contribution < -0.4 is 0 Å². The maximum Gasteiger partial charge on any atom is 0.115 e. The molecule has 1 rings (SSSR count). The number of aromatic hydroxyl groups is 1. The molecule has 0 spiro atoms. The zero-order valence-corrected chi connectivity index (χ0v) is 11.0. The molecule has 1 unspecified atom stereocenters. The number of benzene rings is 1. The second-order valence-corrected chi connectivity index (χ2v) is 5.04. The first-order valence-electron chi connectivity index (χ1n) is 5.90. The Morgan fingerprint density at radius 3 is 2.19 bits per heavy atom. The predicted octanol–water partition coefficient (Wildman–Crippen LogP) is 3.57. The van der Waals surface area contributed by atoms with E-state index in [9.17, 15) is 5.11 Å². The number of rotatable bonds is 4. The number of hydrogen-bond acceptors (Lipinski definition) is 2. The summed E-state index contributed by atoms with van der Waals surface area (Å²) < 4.78 is 0. The number of hydrogen-bond donors (Lipinski definition) is 1. The van der Waals surface area contributed by atoms with Crippen LogP contribution in [0.1, 0.15) is 45.7 Å². The summed E-state index contributed by atoms with van der Waals surface area (Å²) in [6.07, 6.45) is 1.12. The highest BCUT2D eigenvalue weighted by Crippen LogP contribution is 2.28. The molecule has 0 saturated heterocycles. The van der Waals surface area contributed by atoms with Crippen LogP contribution in [-0.4, -0.2) is 22.6 Å². The summed E-state index contributed by atoms with van der Waals surface area (Å²) in [5, 5.41) is 9.27. The maximum absolute atomic E-state index is 9.27. The van der Waals surface area contributed by atoms with Gasteiger partial charge in [0.05, 0.1) is 0 Å². The molecule has 0 aliphatic heterocycles. The standard InChI is InChI=1S/C14H23NO/c1-6-14(3,4)15(5)11(2)12-7-9-13(16)10-8-12/h7-11,16H,6H2,1-5H3. The van der Waals surface area contributed by atoms with Crippen molar-refractivity contribution in [1.82, 2.24) is 4.90 Å². The average molecular weight is 221 g/mol. The third-order valence-electron chi connectivity index (χ3n) is 3.78. The van der Waals surface area contributed by atoms with E-state index in [1.807, 2.05) is 12.1 Å². The van der Waals surface area contributed by atoms with Crippen molar-refractivity contribution in [3.63, 3.8) is 0 Å². The van der Waals surface area contributed by atoms with Crippen LogP contribution in [0.3, 0.4) is 0 Å². The van der Waals surface area contributed by atoms with Crippen LogP contribution in [0.2, 0.25) is 0 Å². The van der Waals surface area contributed by atoms with E-state index in [0.29, 0.717) is 11.8 Å². The average Bonchev–Trinajstić information content (AvgIpc) is 2.28. The van der Waals surface area contributed by atoms with Crippen LogP contribution in [0.4, 0.5) is 0 Å². The molecule has 2 nitrogen and oxygen atoms in total. The van der Waals surface area contributed by atoms with Crippen LogP contribution in [0, 0.1) is 0 Å². The molecule has 1 N–H and O–H groups in total. The molecule has 16 heavy (non-hydrogen) atoms. The van der Waals surface area contributed by atoms with Crippen LogP contribution in [0.25, 0.3) is 0 Å². The molecule has 1 aromatic rings. The lowest BCUT2D eigenvalue weighted by molar-refractivity contribution is 0.106. The molecule has 90 valence electrons. The van der Waals surface area contributed by atoms with Gasteiger partial charge in [-0.2, -0.15) is 0 Å². The summed E-state index contributed by atoms with van der Waals surface area (Å²) in [6.45, 7) is 8.91. The van der Waals surface area contributed by atoms with Crippen molar-refractivity contribution >= 4 is 0 Å². The van der Waals surface area contributed by atoms with Crippen molar-refractivity contribution < 1.29 is 5.11 Å². The van der Waals surface area contributed by atoms with Gasteiger partial charge >= 0.3 is 0 Å². The van der Waals surface area contributed by atoms with E-state index in [4.69, 9.17) is 0 Å². The first-order chi connectivity index (χ1) is 7.38. The molecule has 0 fully saturated rings. The van der Waals surface area contributed by atoms with Gasteiger partial charge in [0.15, 0.2) is 0 Å².